The maximum absolute atomic E-state index is 12.5. The zero-order chi connectivity index (χ0) is 17.9. The van der Waals surface area contributed by atoms with Gasteiger partial charge in [0.25, 0.3) is 0 Å². The third-order valence-corrected chi connectivity index (χ3v) is 4.82. The molecule has 2 heterocycles. The van der Waals surface area contributed by atoms with E-state index in [1.165, 1.54) is 17.6 Å². The first-order valence-corrected chi connectivity index (χ1v) is 8.85. The van der Waals surface area contributed by atoms with Crippen molar-refractivity contribution < 1.29 is 18.7 Å². The first-order chi connectivity index (χ1) is 12.8. The highest BCUT2D eigenvalue weighted by molar-refractivity contribution is 7.13. The molecule has 26 heavy (non-hydrogen) atoms. The van der Waals surface area contributed by atoms with Crippen LogP contribution in [0.25, 0.3) is 21.5 Å². The van der Waals surface area contributed by atoms with Crippen molar-refractivity contribution in [1.29, 1.82) is 0 Å². The second kappa shape index (κ2) is 7.01. The zero-order valence-corrected chi connectivity index (χ0v) is 14.8. The summed E-state index contributed by atoms with van der Waals surface area (Å²) in [5.41, 5.74) is 1.06. The van der Waals surface area contributed by atoms with E-state index in [4.69, 9.17) is 13.9 Å². The molecule has 0 saturated carbocycles. The van der Waals surface area contributed by atoms with Crippen LogP contribution in [0.1, 0.15) is 16.1 Å². The summed E-state index contributed by atoms with van der Waals surface area (Å²) in [6.45, 7) is 0.0497. The molecule has 0 unspecified atom stereocenters. The Hall–Kier alpha value is -3.12. The number of methoxy groups -OCH3 is 1. The van der Waals surface area contributed by atoms with Crippen LogP contribution in [0.3, 0.4) is 0 Å². The minimum atomic E-state index is -0.412. The fourth-order valence-electron chi connectivity index (χ4n) is 2.73. The highest BCUT2D eigenvalue weighted by atomic mass is 32.1. The van der Waals surface area contributed by atoms with Gasteiger partial charge in [0.2, 0.25) is 5.89 Å². The molecule has 2 aromatic heterocycles. The third-order valence-electron chi connectivity index (χ3n) is 3.96. The Balaban J connectivity index is 1.53. The number of aromatic nitrogens is 1. The van der Waals surface area contributed by atoms with E-state index in [9.17, 15) is 4.79 Å². The summed E-state index contributed by atoms with van der Waals surface area (Å²) in [7, 11) is 1.61. The molecule has 5 nitrogen and oxygen atoms in total. The molecule has 0 fully saturated rings. The standard InChI is InChI=1S/C20H15NO4S/c1-23-17-9-8-16(14-5-2-3-6-15(14)17)20(22)25-12-13-11-24-19(21-13)18-7-4-10-26-18/h2-11H,12H2,1H3. The molecule has 0 amide bonds. The van der Waals surface area contributed by atoms with Gasteiger partial charge in [0.15, 0.2) is 0 Å². The van der Waals surface area contributed by atoms with Crippen molar-refractivity contribution in [2.24, 2.45) is 0 Å². The summed E-state index contributed by atoms with van der Waals surface area (Å²) in [5, 5.41) is 3.61. The van der Waals surface area contributed by atoms with Gasteiger partial charge in [-0.1, -0.05) is 30.3 Å². The van der Waals surface area contributed by atoms with E-state index in [-0.39, 0.29) is 6.61 Å². The Morgan fingerprint density at radius 3 is 2.73 bits per heavy atom. The monoisotopic (exact) mass is 365 g/mol. The molecule has 4 rings (SSSR count). The second-order valence-corrected chi connectivity index (χ2v) is 6.51. The van der Waals surface area contributed by atoms with Gasteiger partial charge in [-0.15, -0.1) is 11.3 Å². The fourth-order valence-corrected chi connectivity index (χ4v) is 3.39. The fraction of sp³-hybridized carbons (Fsp3) is 0.100. The Kier molecular flexibility index (Phi) is 4.41. The number of nitrogens with zero attached hydrogens (tertiary/aromatic N) is 1. The van der Waals surface area contributed by atoms with E-state index < -0.39 is 5.97 Å². The topological polar surface area (TPSA) is 61.6 Å². The second-order valence-electron chi connectivity index (χ2n) is 5.56. The number of ether oxygens (including phenoxy) is 2. The van der Waals surface area contributed by atoms with Crippen LogP contribution in [0, 0.1) is 0 Å². The minimum absolute atomic E-state index is 0.0497. The van der Waals surface area contributed by atoms with Crippen LogP contribution >= 0.6 is 11.3 Å². The molecular weight excluding hydrogens is 350 g/mol. The largest absolute Gasteiger partial charge is 0.496 e. The quantitative estimate of drug-likeness (QED) is 0.470. The van der Waals surface area contributed by atoms with Gasteiger partial charge in [-0.25, -0.2) is 9.78 Å². The van der Waals surface area contributed by atoms with Crippen molar-refractivity contribution in [3.8, 4) is 16.5 Å². The maximum atomic E-state index is 12.5. The van der Waals surface area contributed by atoms with Crippen molar-refractivity contribution >= 4 is 28.1 Å². The molecule has 0 aliphatic heterocycles. The van der Waals surface area contributed by atoms with Crippen molar-refractivity contribution in [3.05, 3.63) is 71.4 Å². The Morgan fingerprint density at radius 1 is 1.12 bits per heavy atom. The van der Waals surface area contributed by atoms with Crippen molar-refractivity contribution in [2.45, 2.75) is 6.61 Å². The lowest BCUT2D eigenvalue weighted by atomic mass is 10.0. The number of benzene rings is 2. The number of rotatable bonds is 5. The maximum Gasteiger partial charge on any atom is 0.339 e. The van der Waals surface area contributed by atoms with Crippen molar-refractivity contribution in [2.75, 3.05) is 7.11 Å². The van der Waals surface area contributed by atoms with Gasteiger partial charge >= 0.3 is 5.97 Å². The van der Waals surface area contributed by atoms with Gasteiger partial charge in [0.05, 0.1) is 17.6 Å². The van der Waals surface area contributed by atoms with Gasteiger partial charge in [-0.2, -0.15) is 0 Å². The van der Waals surface area contributed by atoms with Crippen molar-refractivity contribution in [1.82, 2.24) is 4.98 Å². The Labute approximate surface area is 153 Å². The lowest BCUT2D eigenvalue weighted by molar-refractivity contribution is 0.0470. The molecule has 0 radical (unpaired) electrons. The number of thiophene rings is 1. The predicted octanol–water partition coefficient (Wildman–Crippen LogP) is 4.92. The molecule has 0 N–H and O–H groups in total. The number of hydrogen-bond donors (Lipinski definition) is 0. The molecular formula is C20H15NO4S. The van der Waals surface area contributed by atoms with E-state index in [1.807, 2.05) is 41.8 Å². The molecule has 6 heteroatoms. The molecule has 4 aromatic rings. The molecule has 0 saturated heterocycles. The van der Waals surface area contributed by atoms with E-state index in [0.29, 0.717) is 22.9 Å². The average Bonchev–Trinajstić information content (AvgIpc) is 3.36. The molecule has 0 aliphatic rings. The van der Waals surface area contributed by atoms with Crippen LogP contribution in [-0.2, 0) is 11.3 Å². The first-order valence-electron chi connectivity index (χ1n) is 7.97. The highest BCUT2D eigenvalue weighted by Crippen LogP contribution is 2.29. The van der Waals surface area contributed by atoms with Crippen LogP contribution < -0.4 is 4.74 Å². The lowest BCUT2D eigenvalue weighted by Gasteiger charge is -2.09. The van der Waals surface area contributed by atoms with Crippen molar-refractivity contribution in [3.63, 3.8) is 0 Å². The molecule has 130 valence electrons. The number of carbonyl (C=O) groups is 1. The number of fused-ring (bicyclic) bond motifs is 1. The van der Waals surface area contributed by atoms with E-state index >= 15 is 0 Å². The minimum Gasteiger partial charge on any atom is -0.496 e. The van der Waals surface area contributed by atoms with Gasteiger partial charge < -0.3 is 13.9 Å². The summed E-state index contributed by atoms with van der Waals surface area (Å²) in [6.07, 6.45) is 1.51. The van der Waals surface area contributed by atoms with Crippen LogP contribution in [0.2, 0.25) is 0 Å². The van der Waals surface area contributed by atoms with Crippen LogP contribution in [-0.4, -0.2) is 18.1 Å². The van der Waals surface area contributed by atoms with E-state index in [1.54, 1.807) is 19.2 Å². The van der Waals surface area contributed by atoms with E-state index in [2.05, 4.69) is 4.98 Å². The SMILES string of the molecule is COc1ccc(C(=O)OCc2coc(-c3cccs3)n2)c2ccccc12. The number of hydrogen-bond acceptors (Lipinski definition) is 6. The lowest BCUT2D eigenvalue weighted by Crippen LogP contribution is -2.06. The van der Waals surface area contributed by atoms with E-state index in [0.717, 1.165) is 15.6 Å². The van der Waals surface area contributed by atoms with Gasteiger partial charge in [-0.05, 0) is 29.0 Å². The molecule has 0 spiro atoms. The summed E-state index contributed by atoms with van der Waals surface area (Å²) in [6, 6.07) is 14.9. The van der Waals surface area contributed by atoms with Gasteiger partial charge in [-0.3, -0.25) is 0 Å². The zero-order valence-electron chi connectivity index (χ0n) is 14.0. The molecule has 0 aliphatic carbocycles. The number of esters is 1. The van der Waals surface area contributed by atoms with Crippen LogP contribution in [0.15, 0.2) is 64.6 Å². The summed E-state index contributed by atoms with van der Waals surface area (Å²) < 4.78 is 16.2. The van der Waals surface area contributed by atoms with Crippen LogP contribution in [0.4, 0.5) is 0 Å². The smallest absolute Gasteiger partial charge is 0.339 e. The molecule has 0 bridgehead atoms. The Morgan fingerprint density at radius 2 is 1.96 bits per heavy atom. The molecule has 0 atom stereocenters. The number of oxazole rings is 1. The van der Waals surface area contributed by atoms with Gasteiger partial charge in [0, 0.05) is 5.39 Å². The summed E-state index contributed by atoms with van der Waals surface area (Å²) >= 11 is 1.54. The first kappa shape index (κ1) is 16.4. The van der Waals surface area contributed by atoms with Crippen LogP contribution in [0.5, 0.6) is 5.75 Å². The molecule has 2 aromatic carbocycles. The summed E-state index contributed by atoms with van der Waals surface area (Å²) in [4.78, 5) is 17.8. The van der Waals surface area contributed by atoms with Gasteiger partial charge in [0.1, 0.15) is 24.3 Å². The highest BCUT2D eigenvalue weighted by Gasteiger charge is 2.15. The number of carbonyl (C=O) groups excluding carboxylic acids is 1. The predicted molar refractivity (Wildman–Crippen MR) is 99.4 cm³/mol. The third kappa shape index (κ3) is 3.07. The normalized spacial score (nSPS) is 10.8. The average molecular weight is 365 g/mol. The Bertz CT molecular complexity index is 1050. The summed E-state index contributed by atoms with van der Waals surface area (Å²) in [5.74, 6) is 0.833.